The Kier molecular flexibility index (Phi) is 4.33. The van der Waals surface area contributed by atoms with Gasteiger partial charge >= 0.3 is 0 Å². The lowest BCUT2D eigenvalue weighted by molar-refractivity contribution is 0.411. The Balaban J connectivity index is 2.21. The van der Waals surface area contributed by atoms with Gasteiger partial charge in [-0.05, 0) is 17.7 Å². The number of nitrogens with one attached hydrogen (secondary N) is 1. The molecule has 0 aliphatic rings. The van der Waals surface area contributed by atoms with Crippen LogP contribution in [0.2, 0.25) is 0 Å². The molecule has 3 nitrogen and oxygen atoms in total. The van der Waals surface area contributed by atoms with Gasteiger partial charge in [0.25, 0.3) is 11.9 Å². The molecule has 0 aliphatic carbocycles. The number of halogens is 5. The Morgan fingerprint density at radius 1 is 1.00 bits per heavy atom. The number of aromatic nitrogens is 1. The van der Waals surface area contributed by atoms with Crippen LogP contribution in [0.25, 0.3) is 0 Å². The quantitative estimate of drug-likeness (QED) is 0.396. The third-order valence-electron chi connectivity index (χ3n) is 2.26. The summed E-state index contributed by atoms with van der Waals surface area (Å²) in [5, 5.41) is 3.51. The van der Waals surface area contributed by atoms with Gasteiger partial charge in [0, 0.05) is 4.47 Å². The summed E-state index contributed by atoms with van der Waals surface area (Å²) in [6, 6.07) is 6.81. The first-order valence-electron chi connectivity index (χ1n) is 5.23. The molecule has 0 saturated heterocycles. The van der Waals surface area contributed by atoms with Crippen LogP contribution in [-0.4, -0.2) is 11.2 Å². The third kappa shape index (κ3) is 3.13. The van der Waals surface area contributed by atoms with E-state index in [-0.39, 0.29) is 0 Å². The van der Waals surface area contributed by atoms with Crippen LogP contribution in [0.15, 0.2) is 33.8 Å². The van der Waals surface area contributed by atoms with Crippen LogP contribution in [0.3, 0.4) is 0 Å². The van der Waals surface area contributed by atoms with Crippen molar-refractivity contribution in [3.05, 3.63) is 57.8 Å². The molecule has 1 heterocycles. The second kappa shape index (κ2) is 6.00. The number of pyridine rings is 1. The minimum Gasteiger partial charge on any atom is -0.272 e. The molecule has 0 radical (unpaired) electrons. The highest BCUT2D eigenvalue weighted by Gasteiger charge is 2.20. The lowest BCUT2D eigenvalue weighted by Crippen LogP contribution is -2.05. The number of hydrogen-bond donors (Lipinski definition) is 1. The molecule has 2 aromatic rings. The molecular weight excluding hydrogens is 342 g/mol. The molecule has 0 fully saturated rings. The van der Waals surface area contributed by atoms with Gasteiger partial charge in [-0.3, -0.25) is 5.43 Å². The van der Waals surface area contributed by atoms with Crippen molar-refractivity contribution in [1.29, 1.82) is 0 Å². The second-order valence-electron chi connectivity index (χ2n) is 3.62. The van der Waals surface area contributed by atoms with Crippen LogP contribution < -0.4 is 5.43 Å². The lowest BCUT2D eigenvalue weighted by atomic mass is 10.2. The van der Waals surface area contributed by atoms with Gasteiger partial charge in [-0.2, -0.15) is 27.6 Å². The maximum absolute atomic E-state index is 13.2. The van der Waals surface area contributed by atoms with Gasteiger partial charge in [-0.1, -0.05) is 28.1 Å². The normalized spacial score (nSPS) is 11.1. The van der Waals surface area contributed by atoms with Gasteiger partial charge in [0.1, 0.15) is 5.69 Å². The molecule has 1 aromatic carbocycles. The molecule has 0 saturated carbocycles. The molecule has 0 bridgehead atoms. The summed E-state index contributed by atoms with van der Waals surface area (Å²) in [5.74, 6) is -6.77. The van der Waals surface area contributed by atoms with Crippen LogP contribution in [0.4, 0.5) is 23.2 Å². The van der Waals surface area contributed by atoms with E-state index in [0.717, 1.165) is 4.47 Å². The van der Waals surface area contributed by atoms with E-state index in [1.54, 1.807) is 24.3 Å². The summed E-state index contributed by atoms with van der Waals surface area (Å²) >= 11 is 3.24. The van der Waals surface area contributed by atoms with Crippen molar-refractivity contribution in [3.63, 3.8) is 0 Å². The molecule has 0 unspecified atom stereocenters. The Bertz CT molecular complexity index is 632. The van der Waals surface area contributed by atoms with Crippen molar-refractivity contribution in [1.82, 2.24) is 4.98 Å². The van der Waals surface area contributed by atoms with E-state index in [1.807, 2.05) is 5.43 Å². The molecule has 1 aromatic heterocycles. The fraction of sp³-hybridized carbons (Fsp3) is 0. The highest BCUT2D eigenvalue weighted by molar-refractivity contribution is 9.10. The van der Waals surface area contributed by atoms with E-state index in [1.165, 1.54) is 6.21 Å². The maximum atomic E-state index is 13.2. The number of benzene rings is 1. The van der Waals surface area contributed by atoms with Crippen molar-refractivity contribution in [2.24, 2.45) is 5.10 Å². The first-order chi connectivity index (χ1) is 9.49. The van der Waals surface area contributed by atoms with Gasteiger partial charge in [0.15, 0.2) is 0 Å². The smallest absolute Gasteiger partial charge is 0.254 e. The van der Waals surface area contributed by atoms with E-state index < -0.39 is 29.2 Å². The van der Waals surface area contributed by atoms with Crippen LogP contribution in [0, 0.1) is 23.5 Å². The highest BCUT2D eigenvalue weighted by Crippen LogP contribution is 2.21. The molecular formula is C12H6BrF4N3. The van der Waals surface area contributed by atoms with E-state index >= 15 is 0 Å². The zero-order valence-corrected chi connectivity index (χ0v) is 11.3. The minimum absolute atomic E-state index is 0.622. The number of nitrogens with zero attached hydrogens (tertiary/aromatic N) is 2. The van der Waals surface area contributed by atoms with Crippen molar-refractivity contribution in [2.75, 3.05) is 5.43 Å². The Hall–Kier alpha value is -1.96. The minimum atomic E-state index is -1.75. The molecule has 2 rings (SSSR count). The van der Waals surface area contributed by atoms with Crippen molar-refractivity contribution in [3.8, 4) is 0 Å². The first kappa shape index (κ1) is 14.4. The summed E-state index contributed by atoms with van der Waals surface area (Å²) < 4.78 is 53.0. The lowest BCUT2D eigenvalue weighted by Gasteiger charge is -2.04. The van der Waals surface area contributed by atoms with Gasteiger partial charge in [0.2, 0.25) is 11.6 Å². The van der Waals surface area contributed by atoms with Crippen molar-refractivity contribution >= 4 is 27.8 Å². The number of rotatable bonds is 3. The molecule has 0 spiro atoms. The molecule has 1 N–H and O–H groups in total. The predicted molar refractivity (Wildman–Crippen MR) is 69.4 cm³/mol. The maximum Gasteiger partial charge on any atom is 0.254 e. The standard InChI is InChI=1S/C12H6BrF4N3/c13-7-3-1-6(2-4-7)5-18-20-10-8(14)11(16)19-12(17)9(10)15/h1-5H,(H,19,20)/b18-5+. The SMILES string of the molecule is Fc1nc(F)c(F)c(N/N=C/c2ccc(Br)cc2)c1F. The predicted octanol–water partition coefficient (Wildman–Crippen LogP) is 3.85. The summed E-state index contributed by atoms with van der Waals surface area (Å²) in [5.41, 5.74) is 1.50. The third-order valence-corrected chi connectivity index (χ3v) is 2.79. The molecule has 104 valence electrons. The van der Waals surface area contributed by atoms with E-state index in [0.29, 0.717) is 5.56 Å². The van der Waals surface area contributed by atoms with Crippen LogP contribution in [0.1, 0.15) is 5.56 Å². The zero-order chi connectivity index (χ0) is 14.7. The molecule has 0 aliphatic heterocycles. The van der Waals surface area contributed by atoms with Crippen LogP contribution in [0.5, 0.6) is 0 Å². The summed E-state index contributed by atoms with van der Waals surface area (Å²) in [4.78, 5) is 2.43. The second-order valence-corrected chi connectivity index (χ2v) is 4.53. The van der Waals surface area contributed by atoms with E-state index in [2.05, 4.69) is 26.0 Å². The average Bonchev–Trinajstić information content (AvgIpc) is 2.42. The summed E-state index contributed by atoms with van der Waals surface area (Å²) in [6.45, 7) is 0. The fourth-order valence-corrected chi connectivity index (χ4v) is 1.57. The van der Waals surface area contributed by atoms with Gasteiger partial charge in [0.05, 0.1) is 6.21 Å². The number of hydrazone groups is 1. The Morgan fingerprint density at radius 3 is 2.10 bits per heavy atom. The van der Waals surface area contributed by atoms with E-state index in [4.69, 9.17) is 0 Å². The van der Waals surface area contributed by atoms with Crippen LogP contribution in [-0.2, 0) is 0 Å². The zero-order valence-electron chi connectivity index (χ0n) is 9.67. The highest BCUT2D eigenvalue weighted by atomic mass is 79.9. The van der Waals surface area contributed by atoms with Crippen molar-refractivity contribution in [2.45, 2.75) is 0 Å². The molecule has 0 atom stereocenters. The van der Waals surface area contributed by atoms with Gasteiger partial charge in [-0.15, -0.1) is 0 Å². The number of anilines is 1. The Labute approximate surface area is 119 Å². The largest absolute Gasteiger partial charge is 0.272 e. The van der Waals surface area contributed by atoms with Crippen molar-refractivity contribution < 1.29 is 17.6 Å². The first-order valence-corrected chi connectivity index (χ1v) is 6.03. The molecule has 0 amide bonds. The fourth-order valence-electron chi connectivity index (χ4n) is 1.31. The van der Waals surface area contributed by atoms with Gasteiger partial charge < -0.3 is 0 Å². The molecule has 20 heavy (non-hydrogen) atoms. The Morgan fingerprint density at radius 2 is 1.55 bits per heavy atom. The van der Waals surface area contributed by atoms with Crippen LogP contribution >= 0.6 is 15.9 Å². The topological polar surface area (TPSA) is 37.3 Å². The average molecular weight is 348 g/mol. The van der Waals surface area contributed by atoms with E-state index in [9.17, 15) is 17.6 Å². The number of hydrogen-bond acceptors (Lipinski definition) is 3. The summed E-state index contributed by atoms with van der Waals surface area (Å²) in [7, 11) is 0. The summed E-state index contributed by atoms with van der Waals surface area (Å²) in [6.07, 6.45) is 1.24. The monoisotopic (exact) mass is 347 g/mol. The van der Waals surface area contributed by atoms with Gasteiger partial charge in [-0.25, -0.2) is 0 Å². The molecule has 8 heteroatoms.